The van der Waals surface area contributed by atoms with Crippen LogP contribution >= 0.6 is 0 Å². The standard InChI is InChI=1S/C27H42F3N5O5/c1-24(2,3)19(33-23(40)34-26(6,7)27(28,29)30)22(39)35-12-14-16(25(14,4)5)17(35)21(38)32-15(18(36)20(31)37)11-13-9-8-10-13/h13-17,19H,8-12H2,1-7H3,(H2,31,37)(H,32,38)(H2,33,34,40)/t14-,15?,16?,17-,19?/m0/s1. The SMILES string of the molecule is CC(C)(C)C(NC(=O)NC(C)(C)C(F)(F)F)C(=O)N1C[C@H]2C([C@H]1C(=O)NC(CC1CCC1)C(=O)C(N)=O)C2(C)C. The number of likely N-dealkylation sites (tertiary alicyclic amines) is 1. The number of carbonyl (C=O) groups is 5. The van der Waals surface area contributed by atoms with Crippen LogP contribution in [-0.2, 0) is 19.2 Å². The van der Waals surface area contributed by atoms with E-state index in [0.717, 1.165) is 33.1 Å². The number of ketones is 1. The first-order chi connectivity index (χ1) is 18.1. The van der Waals surface area contributed by atoms with Crippen molar-refractivity contribution in [3.8, 4) is 0 Å². The summed E-state index contributed by atoms with van der Waals surface area (Å²) in [4.78, 5) is 65.8. The minimum atomic E-state index is -4.73. The molecule has 226 valence electrons. The molecule has 1 heterocycles. The molecule has 40 heavy (non-hydrogen) atoms. The number of nitrogens with two attached hydrogens (primary N) is 1. The molecule has 3 unspecified atom stereocenters. The first-order valence-corrected chi connectivity index (χ1v) is 13.7. The molecule has 2 saturated carbocycles. The Morgan fingerprint density at radius 3 is 2.02 bits per heavy atom. The van der Waals surface area contributed by atoms with Crippen LogP contribution in [0.2, 0.25) is 0 Å². The number of Topliss-reactive ketones (excluding diaryl/α,β-unsaturated/α-hetero) is 1. The van der Waals surface area contributed by atoms with Gasteiger partial charge in [-0.1, -0.05) is 53.9 Å². The average Bonchev–Trinajstić information content (AvgIpc) is 3.10. The second-order valence-electron chi connectivity index (χ2n) is 13.7. The number of primary amides is 1. The van der Waals surface area contributed by atoms with Crippen LogP contribution in [-0.4, -0.2) is 70.8 Å². The Bertz CT molecular complexity index is 1060. The lowest BCUT2D eigenvalue weighted by Gasteiger charge is -2.38. The highest BCUT2D eigenvalue weighted by molar-refractivity contribution is 6.37. The number of piperidine rings is 1. The number of urea groups is 1. The lowest BCUT2D eigenvalue weighted by atomic mass is 9.80. The molecule has 0 aromatic heterocycles. The number of nitrogens with zero attached hydrogens (tertiary/aromatic N) is 1. The van der Waals surface area contributed by atoms with Crippen LogP contribution < -0.4 is 21.7 Å². The molecule has 2 aliphatic carbocycles. The summed E-state index contributed by atoms with van der Waals surface area (Å²) in [6.07, 6.45) is -1.72. The Kier molecular flexibility index (Phi) is 8.33. The third-order valence-electron chi connectivity index (χ3n) is 8.95. The van der Waals surface area contributed by atoms with E-state index >= 15 is 0 Å². The number of rotatable bonds is 9. The largest absolute Gasteiger partial charge is 0.411 e. The molecule has 10 nitrogen and oxygen atoms in total. The first-order valence-electron chi connectivity index (χ1n) is 13.7. The lowest BCUT2D eigenvalue weighted by molar-refractivity contribution is -0.182. The van der Waals surface area contributed by atoms with E-state index in [1.807, 2.05) is 19.2 Å². The van der Waals surface area contributed by atoms with Gasteiger partial charge in [-0.05, 0) is 48.9 Å². The van der Waals surface area contributed by atoms with Gasteiger partial charge in [-0.25, -0.2) is 4.79 Å². The van der Waals surface area contributed by atoms with Gasteiger partial charge in [-0.3, -0.25) is 19.2 Å². The van der Waals surface area contributed by atoms with Crippen molar-refractivity contribution in [2.75, 3.05) is 6.54 Å². The third-order valence-corrected chi connectivity index (χ3v) is 8.95. The second-order valence-corrected chi connectivity index (χ2v) is 13.7. The topological polar surface area (TPSA) is 151 Å². The first kappa shape index (κ1) is 31.7. The van der Waals surface area contributed by atoms with E-state index in [4.69, 9.17) is 5.73 Å². The number of fused-ring (bicyclic) bond motifs is 1. The normalized spacial score (nSPS) is 25.6. The van der Waals surface area contributed by atoms with E-state index < -0.39 is 64.8 Å². The molecule has 3 fully saturated rings. The Labute approximate surface area is 232 Å². The van der Waals surface area contributed by atoms with E-state index in [1.54, 1.807) is 20.8 Å². The van der Waals surface area contributed by atoms with Crippen molar-refractivity contribution in [2.24, 2.45) is 34.3 Å². The molecule has 5 amide bonds. The highest BCUT2D eigenvalue weighted by atomic mass is 19.4. The van der Waals surface area contributed by atoms with Gasteiger partial charge in [0.2, 0.25) is 17.6 Å². The molecule has 1 aliphatic heterocycles. The maximum Gasteiger partial charge on any atom is 0.411 e. The van der Waals surface area contributed by atoms with E-state index in [1.165, 1.54) is 4.90 Å². The zero-order chi connectivity index (χ0) is 30.6. The zero-order valence-corrected chi connectivity index (χ0v) is 24.2. The number of nitrogens with one attached hydrogen (secondary N) is 3. The molecule has 0 bridgehead atoms. The molecule has 0 radical (unpaired) electrons. The van der Waals surface area contributed by atoms with Crippen LogP contribution in [0, 0.1) is 28.6 Å². The van der Waals surface area contributed by atoms with Crippen LogP contribution in [0.3, 0.4) is 0 Å². The van der Waals surface area contributed by atoms with E-state index in [9.17, 15) is 37.1 Å². The quantitative estimate of drug-likeness (QED) is 0.312. The Hall–Kier alpha value is -2.86. The van der Waals surface area contributed by atoms with Crippen molar-refractivity contribution in [1.29, 1.82) is 0 Å². The zero-order valence-electron chi connectivity index (χ0n) is 24.2. The molecular weight excluding hydrogens is 531 g/mol. The summed E-state index contributed by atoms with van der Waals surface area (Å²) in [6, 6.07) is -4.53. The summed E-state index contributed by atoms with van der Waals surface area (Å²) in [5, 5.41) is 6.96. The average molecular weight is 574 g/mol. The highest BCUT2D eigenvalue weighted by Gasteiger charge is 2.70. The monoisotopic (exact) mass is 573 g/mol. The minimum Gasteiger partial charge on any atom is -0.363 e. The van der Waals surface area contributed by atoms with Crippen molar-refractivity contribution >= 4 is 29.5 Å². The van der Waals surface area contributed by atoms with Crippen LogP contribution in [0.1, 0.15) is 74.1 Å². The van der Waals surface area contributed by atoms with Gasteiger partial charge in [0.05, 0.1) is 6.04 Å². The van der Waals surface area contributed by atoms with E-state index in [2.05, 4.69) is 10.6 Å². The molecule has 3 rings (SSSR count). The van der Waals surface area contributed by atoms with Gasteiger partial charge in [0.1, 0.15) is 17.6 Å². The maximum atomic E-state index is 13.9. The van der Waals surface area contributed by atoms with Crippen molar-refractivity contribution in [2.45, 2.75) is 104 Å². The van der Waals surface area contributed by atoms with Crippen LogP contribution in [0.25, 0.3) is 0 Å². The van der Waals surface area contributed by atoms with Gasteiger partial charge < -0.3 is 26.6 Å². The summed E-state index contributed by atoms with van der Waals surface area (Å²) >= 11 is 0. The molecule has 5 N–H and O–H groups in total. The minimum absolute atomic E-state index is 0.0252. The highest BCUT2D eigenvalue weighted by Crippen LogP contribution is 2.65. The van der Waals surface area contributed by atoms with Gasteiger partial charge in [-0.15, -0.1) is 0 Å². The maximum absolute atomic E-state index is 13.9. The second kappa shape index (κ2) is 10.5. The fraction of sp³-hybridized carbons (Fsp3) is 0.815. The Balaban J connectivity index is 1.83. The van der Waals surface area contributed by atoms with Gasteiger partial charge in [-0.2, -0.15) is 13.2 Å². The summed E-state index contributed by atoms with van der Waals surface area (Å²) in [5.74, 6) is -3.35. The number of carbonyl (C=O) groups excluding carboxylic acids is 5. The molecule has 0 aromatic rings. The molecule has 0 aromatic carbocycles. The fourth-order valence-corrected chi connectivity index (χ4v) is 5.87. The predicted octanol–water partition coefficient (Wildman–Crippen LogP) is 2.25. The van der Waals surface area contributed by atoms with Crippen molar-refractivity contribution in [3.05, 3.63) is 0 Å². The van der Waals surface area contributed by atoms with Gasteiger partial charge in [0, 0.05) is 6.54 Å². The van der Waals surface area contributed by atoms with E-state index in [-0.39, 0.29) is 36.1 Å². The van der Waals surface area contributed by atoms with E-state index in [0.29, 0.717) is 0 Å². The Morgan fingerprint density at radius 1 is 1.00 bits per heavy atom. The summed E-state index contributed by atoms with van der Waals surface area (Å²) in [5.41, 5.74) is 1.50. The number of halogens is 3. The summed E-state index contributed by atoms with van der Waals surface area (Å²) in [6.45, 7) is 10.7. The van der Waals surface area contributed by atoms with Crippen molar-refractivity contribution in [1.82, 2.24) is 20.9 Å². The van der Waals surface area contributed by atoms with Gasteiger partial charge in [0.25, 0.3) is 5.91 Å². The third kappa shape index (κ3) is 6.22. The number of hydrogen-bond acceptors (Lipinski definition) is 5. The molecule has 13 heteroatoms. The summed E-state index contributed by atoms with van der Waals surface area (Å²) in [7, 11) is 0. The Morgan fingerprint density at radius 2 is 1.57 bits per heavy atom. The number of hydrogen-bond donors (Lipinski definition) is 4. The molecule has 1 saturated heterocycles. The van der Waals surface area contributed by atoms with Crippen molar-refractivity contribution in [3.63, 3.8) is 0 Å². The smallest absolute Gasteiger partial charge is 0.363 e. The van der Waals surface area contributed by atoms with Crippen molar-refractivity contribution < 1.29 is 37.1 Å². The van der Waals surface area contributed by atoms with Crippen LogP contribution in [0.4, 0.5) is 18.0 Å². The fourth-order valence-electron chi connectivity index (χ4n) is 5.87. The molecular formula is C27H42F3N5O5. The molecule has 5 atom stereocenters. The number of alkyl halides is 3. The molecule has 0 spiro atoms. The molecule has 3 aliphatic rings. The van der Waals surface area contributed by atoms with Gasteiger partial charge in [0.15, 0.2) is 0 Å². The number of amides is 5. The lowest BCUT2D eigenvalue weighted by Crippen LogP contribution is -2.64. The van der Waals surface area contributed by atoms with Crippen LogP contribution in [0.5, 0.6) is 0 Å². The summed E-state index contributed by atoms with van der Waals surface area (Å²) < 4.78 is 40.0. The van der Waals surface area contributed by atoms with Crippen LogP contribution in [0.15, 0.2) is 0 Å². The predicted molar refractivity (Wildman–Crippen MR) is 139 cm³/mol. The van der Waals surface area contributed by atoms with Gasteiger partial charge >= 0.3 is 12.2 Å².